The monoisotopic (exact) mass is 324 g/mol. The molecule has 2 amide bonds. The summed E-state index contributed by atoms with van der Waals surface area (Å²) < 4.78 is 1.64. The van der Waals surface area contributed by atoms with Crippen LogP contribution < -0.4 is 5.32 Å². The van der Waals surface area contributed by atoms with Gasteiger partial charge in [0, 0.05) is 26.2 Å². The number of rotatable bonds is 3. The molecule has 6 nitrogen and oxygen atoms in total. The largest absolute Gasteiger partial charge is 0.358 e. The van der Waals surface area contributed by atoms with Crippen molar-refractivity contribution in [3.8, 4) is 0 Å². The highest BCUT2D eigenvalue weighted by atomic mass is 35.5. The Morgan fingerprint density at radius 2 is 2.09 bits per heavy atom. The first kappa shape index (κ1) is 15.3. The Balaban J connectivity index is 1.91. The van der Waals surface area contributed by atoms with Crippen molar-refractivity contribution in [2.24, 2.45) is 12.5 Å². The summed E-state index contributed by atoms with van der Waals surface area (Å²) in [7, 11) is 3.38. The Bertz CT molecular complexity index is 636. The fourth-order valence-electron chi connectivity index (χ4n) is 3.51. The lowest BCUT2D eigenvalue weighted by Gasteiger charge is -2.28. The van der Waals surface area contributed by atoms with Gasteiger partial charge in [-0.05, 0) is 32.6 Å². The normalized spacial score (nSPS) is 22.7. The molecule has 1 aromatic heterocycles. The number of hydrogen-bond acceptors (Lipinski definition) is 3. The van der Waals surface area contributed by atoms with E-state index >= 15 is 0 Å². The summed E-state index contributed by atoms with van der Waals surface area (Å²) >= 11 is 6.37. The standard InChI is InChI=1S/C15H21ClN4O2/c1-9-11(12(16)19(3)18-9)10-5-4-8-20(10)14(22)15(6-7-15)13(21)17-2/h10H,4-8H2,1-3H3,(H,17,21)/t10-/m1/s1. The van der Waals surface area contributed by atoms with Crippen LogP contribution in [-0.2, 0) is 16.6 Å². The van der Waals surface area contributed by atoms with Crippen molar-refractivity contribution in [3.05, 3.63) is 16.4 Å². The van der Waals surface area contributed by atoms with E-state index in [2.05, 4.69) is 10.4 Å². The fraction of sp³-hybridized carbons (Fsp3) is 0.667. The van der Waals surface area contributed by atoms with Crippen molar-refractivity contribution < 1.29 is 9.59 Å². The van der Waals surface area contributed by atoms with Gasteiger partial charge in [-0.3, -0.25) is 14.3 Å². The number of carbonyl (C=O) groups is 2. The molecule has 1 aliphatic heterocycles. The van der Waals surface area contributed by atoms with Crippen LogP contribution in [0.1, 0.15) is 43.0 Å². The quantitative estimate of drug-likeness (QED) is 0.858. The predicted octanol–water partition coefficient (Wildman–Crippen LogP) is 1.57. The maximum atomic E-state index is 12.9. The topological polar surface area (TPSA) is 67.2 Å². The van der Waals surface area contributed by atoms with Gasteiger partial charge in [-0.2, -0.15) is 5.10 Å². The zero-order valence-corrected chi connectivity index (χ0v) is 13.9. The van der Waals surface area contributed by atoms with Gasteiger partial charge in [0.25, 0.3) is 0 Å². The minimum absolute atomic E-state index is 0.0614. The van der Waals surface area contributed by atoms with Crippen molar-refractivity contribution in [2.45, 2.75) is 38.6 Å². The zero-order valence-electron chi connectivity index (χ0n) is 13.1. The predicted molar refractivity (Wildman–Crippen MR) is 82.4 cm³/mol. The molecule has 1 aromatic rings. The molecule has 7 heteroatoms. The third kappa shape index (κ3) is 2.12. The van der Waals surface area contributed by atoms with E-state index in [-0.39, 0.29) is 17.9 Å². The minimum Gasteiger partial charge on any atom is -0.358 e. The van der Waals surface area contributed by atoms with E-state index in [1.165, 1.54) is 0 Å². The van der Waals surface area contributed by atoms with Gasteiger partial charge in [0.1, 0.15) is 10.6 Å². The summed E-state index contributed by atoms with van der Waals surface area (Å²) in [5, 5.41) is 7.55. The third-order valence-corrected chi connectivity index (χ3v) is 5.31. The molecule has 2 fully saturated rings. The number of carbonyl (C=O) groups excluding carboxylic acids is 2. The van der Waals surface area contributed by atoms with Crippen molar-refractivity contribution in [1.82, 2.24) is 20.0 Å². The summed E-state index contributed by atoms with van der Waals surface area (Å²) in [4.78, 5) is 26.8. The molecular formula is C15H21ClN4O2. The fourth-order valence-corrected chi connectivity index (χ4v) is 3.81. The molecule has 22 heavy (non-hydrogen) atoms. The van der Waals surface area contributed by atoms with Crippen LogP contribution in [-0.4, -0.2) is 40.1 Å². The number of halogens is 1. The Morgan fingerprint density at radius 3 is 2.59 bits per heavy atom. The lowest BCUT2D eigenvalue weighted by molar-refractivity contribution is -0.144. The second-order valence-electron chi connectivity index (χ2n) is 6.23. The summed E-state index contributed by atoms with van der Waals surface area (Å²) in [6, 6.07) is -0.0733. The van der Waals surface area contributed by atoms with E-state index in [1.807, 2.05) is 11.8 Å². The van der Waals surface area contributed by atoms with Gasteiger partial charge >= 0.3 is 0 Å². The molecule has 1 atom stereocenters. The molecule has 0 radical (unpaired) electrons. The third-order valence-electron chi connectivity index (χ3n) is 4.86. The number of nitrogens with zero attached hydrogens (tertiary/aromatic N) is 3. The number of likely N-dealkylation sites (tertiary alicyclic amines) is 1. The second-order valence-corrected chi connectivity index (χ2v) is 6.59. The van der Waals surface area contributed by atoms with Gasteiger partial charge in [-0.25, -0.2) is 0 Å². The summed E-state index contributed by atoms with van der Waals surface area (Å²) in [6.07, 6.45) is 3.05. The lowest BCUT2D eigenvalue weighted by atomic mass is 10.0. The van der Waals surface area contributed by atoms with Gasteiger partial charge in [0.2, 0.25) is 11.8 Å². The Hall–Kier alpha value is -1.56. The van der Waals surface area contributed by atoms with E-state index in [9.17, 15) is 9.59 Å². The number of aryl methyl sites for hydroxylation is 2. The number of nitrogens with one attached hydrogen (secondary N) is 1. The van der Waals surface area contributed by atoms with Crippen LogP contribution in [0, 0.1) is 12.3 Å². The van der Waals surface area contributed by atoms with Gasteiger partial charge in [-0.1, -0.05) is 11.6 Å². The lowest BCUT2D eigenvalue weighted by Crippen LogP contribution is -2.44. The highest BCUT2D eigenvalue weighted by molar-refractivity contribution is 6.30. The van der Waals surface area contributed by atoms with Crippen LogP contribution in [0.3, 0.4) is 0 Å². The first-order chi connectivity index (χ1) is 10.4. The molecule has 1 saturated carbocycles. The van der Waals surface area contributed by atoms with E-state index < -0.39 is 5.41 Å². The number of amides is 2. The van der Waals surface area contributed by atoms with Crippen LogP contribution >= 0.6 is 11.6 Å². The molecule has 0 spiro atoms. The molecule has 0 bridgehead atoms. The average molecular weight is 325 g/mol. The molecule has 1 saturated heterocycles. The molecule has 1 N–H and O–H groups in total. The Labute approximate surface area is 134 Å². The van der Waals surface area contributed by atoms with Gasteiger partial charge < -0.3 is 10.2 Å². The Kier molecular flexibility index (Phi) is 3.67. The molecular weight excluding hydrogens is 304 g/mol. The number of aromatic nitrogens is 2. The SMILES string of the molecule is CNC(=O)C1(C(=O)N2CCC[C@@H]2c2c(C)nn(C)c2Cl)CC1. The van der Waals surface area contributed by atoms with Crippen LogP contribution in [0.15, 0.2) is 0 Å². The van der Waals surface area contributed by atoms with Crippen molar-refractivity contribution in [3.63, 3.8) is 0 Å². The van der Waals surface area contributed by atoms with Crippen LogP contribution in [0.25, 0.3) is 0 Å². The number of hydrogen-bond donors (Lipinski definition) is 1. The maximum absolute atomic E-state index is 12.9. The average Bonchev–Trinajstić information content (AvgIpc) is 3.11. The zero-order chi connectivity index (χ0) is 16.1. The van der Waals surface area contributed by atoms with Crippen LogP contribution in [0.5, 0.6) is 0 Å². The smallest absolute Gasteiger partial charge is 0.238 e. The Morgan fingerprint density at radius 1 is 1.41 bits per heavy atom. The molecule has 120 valence electrons. The molecule has 2 heterocycles. The van der Waals surface area contributed by atoms with E-state index in [4.69, 9.17) is 11.6 Å². The van der Waals surface area contributed by atoms with E-state index in [0.717, 1.165) is 24.1 Å². The van der Waals surface area contributed by atoms with Gasteiger partial charge in [0.15, 0.2) is 0 Å². The second kappa shape index (κ2) is 5.26. The van der Waals surface area contributed by atoms with Crippen molar-refractivity contribution >= 4 is 23.4 Å². The highest BCUT2D eigenvalue weighted by Crippen LogP contribution is 2.50. The van der Waals surface area contributed by atoms with Crippen molar-refractivity contribution in [1.29, 1.82) is 0 Å². The van der Waals surface area contributed by atoms with E-state index in [0.29, 0.717) is 24.5 Å². The molecule has 0 unspecified atom stereocenters. The summed E-state index contributed by atoms with van der Waals surface area (Å²) in [5.74, 6) is -0.231. The minimum atomic E-state index is -0.847. The molecule has 2 aliphatic rings. The first-order valence-electron chi connectivity index (χ1n) is 7.64. The summed E-state index contributed by atoms with van der Waals surface area (Å²) in [6.45, 7) is 2.58. The highest BCUT2D eigenvalue weighted by Gasteiger charge is 2.59. The van der Waals surface area contributed by atoms with Gasteiger partial charge in [0.05, 0.1) is 11.7 Å². The van der Waals surface area contributed by atoms with Gasteiger partial charge in [-0.15, -0.1) is 0 Å². The molecule has 1 aliphatic carbocycles. The summed E-state index contributed by atoms with van der Waals surface area (Å²) in [5.41, 5.74) is 0.921. The molecule has 0 aromatic carbocycles. The van der Waals surface area contributed by atoms with Crippen LogP contribution in [0.2, 0.25) is 5.15 Å². The first-order valence-corrected chi connectivity index (χ1v) is 8.02. The van der Waals surface area contributed by atoms with Crippen molar-refractivity contribution in [2.75, 3.05) is 13.6 Å². The molecule has 3 rings (SSSR count). The maximum Gasteiger partial charge on any atom is 0.238 e. The van der Waals surface area contributed by atoms with E-state index in [1.54, 1.807) is 18.8 Å². The van der Waals surface area contributed by atoms with Crippen LogP contribution in [0.4, 0.5) is 0 Å².